The van der Waals surface area contributed by atoms with E-state index in [2.05, 4.69) is 15.2 Å². The van der Waals surface area contributed by atoms with Crippen LogP contribution in [0.3, 0.4) is 0 Å². The zero-order valence-electron chi connectivity index (χ0n) is 16.0. The van der Waals surface area contributed by atoms with E-state index < -0.39 is 26.5 Å². The molecule has 0 atom stereocenters. The van der Waals surface area contributed by atoms with Crippen molar-refractivity contribution in [1.82, 2.24) is 0 Å². The van der Waals surface area contributed by atoms with E-state index in [1.54, 1.807) is 18.2 Å². The third kappa shape index (κ3) is 5.36. The maximum Gasteiger partial charge on any atom is 0.295 e. The van der Waals surface area contributed by atoms with Crippen LogP contribution in [0.15, 0.2) is 76.7 Å². The molecule has 3 rings (SSSR count). The van der Waals surface area contributed by atoms with Crippen LogP contribution in [0.25, 0.3) is 0 Å². The second-order valence-corrected chi connectivity index (χ2v) is 8.46. The first kappa shape index (κ1) is 22.2. The first-order chi connectivity index (χ1) is 14.7. The molecule has 11 heteroatoms. The molecule has 0 aliphatic rings. The Kier molecular flexibility index (Phi) is 6.52. The van der Waals surface area contributed by atoms with Crippen LogP contribution in [-0.2, 0) is 10.0 Å². The molecule has 0 amide bonds. The molecule has 0 aliphatic carbocycles. The van der Waals surface area contributed by atoms with Crippen molar-refractivity contribution in [3.05, 3.63) is 93.2 Å². The number of hydrogen-bond acceptors (Lipinski definition) is 6. The van der Waals surface area contributed by atoms with Gasteiger partial charge < -0.3 is 0 Å². The van der Waals surface area contributed by atoms with Gasteiger partial charge in [-0.3, -0.25) is 20.3 Å². The SMILES string of the molecule is CC(=NNc1ccc(S(=O)(=O)Nc2cccc(Cl)c2)cc1[N+](=O)[O-])c1ccccc1F. The number of hydrazone groups is 1. The van der Waals surface area contributed by atoms with Crippen molar-refractivity contribution in [3.63, 3.8) is 0 Å². The number of nitro groups is 1. The van der Waals surface area contributed by atoms with Gasteiger partial charge in [0.05, 0.1) is 21.2 Å². The van der Waals surface area contributed by atoms with Crippen LogP contribution in [0, 0.1) is 15.9 Å². The summed E-state index contributed by atoms with van der Waals surface area (Å²) in [5.74, 6) is -0.492. The predicted octanol–water partition coefficient (Wildman–Crippen LogP) is 5.02. The summed E-state index contributed by atoms with van der Waals surface area (Å²) in [4.78, 5) is 10.4. The largest absolute Gasteiger partial charge is 0.295 e. The fourth-order valence-corrected chi connectivity index (χ4v) is 3.91. The molecule has 0 heterocycles. The van der Waals surface area contributed by atoms with E-state index >= 15 is 0 Å². The highest BCUT2D eigenvalue weighted by atomic mass is 35.5. The number of sulfonamides is 1. The van der Waals surface area contributed by atoms with Crippen LogP contribution in [0.2, 0.25) is 5.02 Å². The van der Waals surface area contributed by atoms with Crippen LogP contribution in [-0.4, -0.2) is 19.1 Å². The van der Waals surface area contributed by atoms with Gasteiger partial charge in [-0.1, -0.05) is 35.9 Å². The molecule has 0 aromatic heterocycles. The van der Waals surface area contributed by atoms with Gasteiger partial charge in [0.25, 0.3) is 15.7 Å². The van der Waals surface area contributed by atoms with E-state index in [0.29, 0.717) is 5.02 Å². The second-order valence-electron chi connectivity index (χ2n) is 6.34. The Labute approximate surface area is 182 Å². The zero-order chi connectivity index (χ0) is 22.6. The predicted molar refractivity (Wildman–Crippen MR) is 118 cm³/mol. The number of nitrogens with one attached hydrogen (secondary N) is 2. The monoisotopic (exact) mass is 462 g/mol. The number of hydrogen-bond donors (Lipinski definition) is 2. The number of benzene rings is 3. The lowest BCUT2D eigenvalue weighted by molar-refractivity contribution is -0.384. The average Bonchev–Trinajstić information content (AvgIpc) is 2.71. The smallest absolute Gasteiger partial charge is 0.280 e. The quantitative estimate of drug-likeness (QED) is 0.290. The van der Waals surface area contributed by atoms with Gasteiger partial charge in [-0.05, 0) is 43.3 Å². The van der Waals surface area contributed by atoms with Crippen molar-refractivity contribution >= 4 is 44.4 Å². The van der Waals surface area contributed by atoms with Gasteiger partial charge >= 0.3 is 0 Å². The van der Waals surface area contributed by atoms with Gasteiger partial charge in [-0.15, -0.1) is 0 Å². The van der Waals surface area contributed by atoms with Crippen molar-refractivity contribution in [2.45, 2.75) is 11.8 Å². The molecule has 0 spiro atoms. The Balaban J connectivity index is 1.90. The molecule has 160 valence electrons. The molecule has 0 unspecified atom stereocenters. The molecule has 0 aliphatic heterocycles. The molecular weight excluding hydrogens is 447 g/mol. The molecule has 31 heavy (non-hydrogen) atoms. The van der Waals surface area contributed by atoms with Gasteiger partial charge in [0.1, 0.15) is 11.5 Å². The van der Waals surface area contributed by atoms with Crippen molar-refractivity contribution < 1.29 is 17.7 Å². The summed E-state index contributed by atoms with van der Waals surface area (Å²) in [5, 5.41) is 15.8. The minimum Gasteiger partial charge on any atom is -0.280 e. The summed E-state index contributed by atoms with van der Waals surface area (Å²) in [6.45, 7) is 1.53. The van der Waals surface area contributed by atoms with Gasteiger partial charge in [0, 0.05) is 16.7 Å². The van der Waals surface area contributed by atoms with E-state index in [9.17, 15) is 22.9 Å². The highest BCUT2D eigenvalue weighted by Crippen LogP contribution is 2.29. The first-order valence-corrected chi connectivity index (χ1v) is 10.7. The Hall–Kier alpha value is -3.50. The fourth-order valence-electron chi connectivity index (χ4n) is 2.65. The lowest BCUT2D eigenvalue weighted by Crippen LogP contribution is -2.13. The van der Waals surface area contributed by atoms with Crippen molar-refractivity contribution in [2.75, 3.05) is 10.1 Å². The number of nitro benzene ring substituents is 1. The normalized spacial score (nSPS) is 11.8. The molecule has 2 N–H and O–H groups in total. The van der Waals surface area contributed by atoms with Gasteiger partial charge in [-0.25, -0.2) is 12.8 Å². The minimum atomic E-state index is -4.11. The van der Waals surface area contributed by atoms with Crippen LogP contribution >= 0.6 is 11.6 Å². The third-order valence-corrected chi connectivity index (χ3v) is 5.77. The lowest BCUT2D eigenvalue weighted by atomic mass is 10.1. The van der Waals surface area contributed by atoms with Crippen LogP contribution < -0.4 is 10.1 Å². The van der Waals surface area contributed by atoms with Crippen molar-refractivity contribution in [3.8, 4) is 0 Å². The van der Waals surface area contributed by atoms with E-state index in [-0.39, 0.29) is 27.5 Å². The summed E-state index contributed by atoms with van der Waals surface area (Å²) in [7, 11) is -4.11. The standard InChI is InChI=1S/C20H16ClFN4O4S/c1-13(17-7-2-3-8-18(17)22)23-24-19-10-9-16(12-20(19)26(27)28)31(29,30)25-15-6-4-5-14(21)11-15/h2-12,24-25H,1H3. The summed E-state index contributed by atoms with van der Waals surface area (Å²) in [6.07, 6.45) is 0. The molecular formula is C20H16ClFN4O4S. The summed E-state index contributed by atoms with van der Waals surface area (Å²) >= 11 is 5.85. The van der Waals surface area contributed by atoms with E-state index in [1.165, 1.54) is 49.4 Å². The Morgan fingerprint density at radius 2 is 1.84 bits per heavy atom. The minimum absolute atomic E-state index is 0.0533. The Bertz CT molecular complexity index is 1280. The maximum absolute atomic E-state index is 13.9. The van der Waals surface area contributed by atoms with Crippen molar-refractivity contribution in [2.24, 2.45) is 5.10 Å². The molecule has 8 nitrogen and oxygen atoms in total. The topological polar surface area (TPSA) is 114 Å². The first-order valence-electron chi connectivity index (χ1n) is 8.79. The zero-order valence-corrected chi connectivity index (χ0v) is 17.6. The van der Waals surface area contributed by atoms with Crippen LogP contribution in [0.4, 0.5) is 21.5 Å². The van der Waals surface area contributed by atoms with Crippen molar-refractivity contribution in [1.29, 1.82) is 0 Å². The molecule has 0 saturated carbocycles. The fraction of sp³-hybridized carbons (Fsp3) is 0.0500. The number of anilines is 2. The highest BCUT2D eigenvalue weighted by Gasteiger charge is 2.22. The summed E-state index contributed by atoms with van der Waals surface area (Å²) in [6, 6.07) is 15.3. The summed E-state index contributed by atoms with van der Waals surface area (Å²) in [5.41, 5.74) is 2.63. The highest BCUT2D eigenvalue weighted by molar-refractivity contribution is 7.92. The molecule has 0 bridgehead atoms. The Morgan fingerprint density at radius 1 is 1.10 bits per heavy atom. The van der Waals surface area contributed by atoms with Gasteiger partial charge in [0.15, 0.2) is 0 Å². The number of rotatable bonds is 7. The molecule has 0 saturated heterocycles. The average molecular weight is 463 g/mol. The van der Waals surface area contributed by atoms with E-state index in [1.807, 2.05) is 0 Å². The molecule has 3 aromatic carbocycles. The van der Waals surface area contributed by atoms with Crippen LogP contribution in [0.1, 0.15) is 12.5 Å². The molecule has 0 fully saturated rings. The third-order valence-electron chi connectivity index (χ3n) is 4.16. The number of nitrogens with zero attached hydrogens (tertiary/aromatic N) is 2. The maximum atomic E-state index is 13.9. The van der Waals surface area contributed by atoms with Crippen LogP contribution in [0.5, 0.6) is 0 Å². The summed E-state index contributed by atoms with van der Waals surface area (Å²) < 4.78 is 41.4. The molecule has 0 radical (unpaired) electrons. The Morgan fingerprint density at radius 3 is 2.52 bits per heavy atom. The number of halogens is 2. The molecule has 3 aromatic rings. The van der Waals surface area contributed by atoms with E-state index in [0.717, 1.165) is 6.07 Å². The van der Waals surface area contributed by atoms with Gasteiger partial charge in [-0.2, -0.15) is 5.10 Å². The lowest BCUT2D eigenvalue weighted by Gasteiger charge is -2.10. The van der Waals surface area contributed by atoms with E-state index in [4.69, 9.17) is 11.6 Å². The second kappa shape index (κ2) is 9.11. The van der Waals surface area contributed by atoms with Gasteiger partial charge in [0.2, 0.25) is 0 Å².